The standard InChI is InChI=1S/C18H25N3O3/c1-20-9-3-7-15(20)16-8-4-10-21(16)18(23)13-5-2-6-14(11-13)24-12-17(19)22/h2,5-6,11,15-16H,3-4,7-10,12H2,1H3,(H2,19,22)/t15-,16+/m1/s1. The Morgan fingerprint density at radius 3 is 2.67 bits per heavy atom. The van der Waals surface area contributed by atoms with Crippen LogP contribution in [-0.4, -0.2) is 60.4 Å². The zero-order valence-corrected chi connectivity index (χ0v) is 14.1. The number of hydrogen-bond donors (Lipinski definition) is 1. The summed E-state index contributed by atoms with van der Waals surface area (Å²) in [5.41, 5.74) is 5.70. The van der Waals surface area contributed by atoms with Crippen LogP contribution >= 0.6 is 0 Å². The third kappa shape index (κ3) is 3.53. The number of carbonyl (C=O) groups is 2. The van der Waals surface area contributed by atoms with Gasteiger partial charge in [-0.2, -0.15) is 0 Å². The average molecular weight is 331 g/mol. The summed E-state index contributed by atoms with van der Waals surface area (Å²) >= 11 is 0. The van der Waals surface area contributed by atoms with Gasteiger partial charge in [-0.3, -0.25) is 9.59 Å². The molecule has 0 spiro atoms. The summed E-state index contributed by atoms with van der Waals surface area (Å²) in [7, 11) is 2.15. The lowest BCUT2D eigenvalue weighted by Gasteiger charge is -2.33. The van der Waals surface area contributed by atoms with Gasteiger partial charge in [0.25, 0.3) is 11.8 Å². The first-order valence-electron chi connectivity index (χ1n) is 8.58. The predicted molar refractivity (Wildman–Crippen MR) is 90.8 cm³/mol. The molecule has 6 heteroatoms. The summed E-state index contributed by atoms with van der Waals surface area (Å²) in [6, 6.07) is 7.75. The molecule has 0 aromatic heterocycles. The van der Waals surface area contributed by atoms with E-state index in [9.17, 15) is 9.59 Å². The van der Waals surface area contributed by atoms with Crippen molar-refractivity contribution in [1.82, 2.24) is 9.80 Å². The number of benzene rings is 1. The third-order valence-electron chi connectivity index (χ3n) is 5.04. The van der Waals surface area contributed by atoms with Crippen molar-refractivity contribution in [3.8, 4) is 5.75 Å². The van der Waals surface area contributed by atoms with Crippen molar-refractivity contribution < 1.29 is 14.3 Å². The topological polar surface area (TPSA) is 75.9 Å². The molecule has 130 valence electrons. The Morgan fingerprint density at radius 1 is 1.21 bits per heavy atom. The fourth-order valence-electron chi connectivity index (χ4n) is 3.91. The SMILES string of the molecule is CN1CCC[C@@H]1[C@@H]1CCCN1C(=O)c1cccc(OCC(N)=O)c1. The lowest BCUT2D eigenvalue weighted by molar-refractivity contribution is -0.119. The van der Waals surface area contributed by atoms with Crippen molar-refractivity contribution in [3.63, 3.8) is 0 Å². The van der Waals surface area contributed by atoms with Gasteiger partial charge in [0, 0.05) is 24.2 Å². The van der Waals surface area contributed by atoms with Gasteiger partial charge in [0.05, 0.1) is 0 Å². The molecule has 3 rings (SSSR count). The first kappa shape index (κ1) is 16.8. The van der Waals surface area contributed by atoms with E-state index in [1.807, 2.05) is 4.90 Å². The van der Waals surface area contributed by atoms with Crippen LogP contribution in [-0.2, 0) is 4.79 Å². The first-order valence-corrected chi connectivity index (χ1v) is 8.58. The van der Waals surface area contributed by atoms with Crippen molar-refractivity contribution in [3.05, 3.63) is 29.8 Å². The molecule has 0 radical (unpaired) electrons. The maximum absolute atomic E-state index is 13.0. The molecule has 1 aromatic carbocycles. The first-order chi connectivity index (χ1) is 11.6. The highest BCUT2D eigenvalue weighted by Crippen LogP contribution is 2.30. The van der Waals surface area contributed by atoms with Gasteiger partial charge >= 0.3 is 0 Å². The van der Waals surface area contributed by atoms with Gasteiger partial charge in [-0.05, 0) is 57.5 Å². The highest BCUT2D eigenvalue weighted by molar-refractivity contribution is 5.95. The van der Waals surface area contributed by atoms with Crippen LogP contribution in [0.2, 0.25) is 0 Å². The normalized spacial score (nSPS) is 24.3. The predicted octanol–water partition coefficient (Wildman–Crippen LogP) is 1.25. The quantitative estimate of drug-likeness (QED) is 0.881. The van der Waals surface area contributed by atoms with Crippen LogP contribution in [0.25, 0.3) is 0 Å². The maximum atomic E-state index is 13.0. The molecule has 0 saturated carbocycles. The van der Waals surface area contributed by atoms with E-state index in [2.05, 4.69) is 11.9 Å². The summed E-state index contributed by atoms with van der Waals surface area (Å²) in [4.78, 5) is 28.2. The molecule has 0 aliphatic carbocycles. The molecule has 0 unspecified atom stereocenters. The molecular weight excluding hydrogens is 306 g/mol. The molecule has 2 N–H and O–H groups in total. The van der Waals surface area contributed by atoms with Crippen LogP contribution in [0.3, 0.4) is 0 Å². The van der Waals surface area contributed by atoms with Crippen molar-refractivity contribution >= 4 is 11.8 Å². The largest absolute Gasteiger partial charge is 0.484 e. The van der Waals surface area contributed by atoms with Crippen LogP contribution < -0.4 is 10.5 Å². The minimum absolute atomic E-state index is 0.0438. The summed E-state index contributed by atoms with van der Waals surface area (Å²) in [6.07, 6.45) is 4.49. The second kappa shape index (κ2) is 7.21. The number of likely N-dealkylation sites (N-methyl/N-ethyl adjacent to an activating group) is 1. The Morgan fingerprint density at radius 2 is 1.96 bits per heavy atom. The number of carbonyl (C=O) groups excluding carboxylic acids is 2. The van der Waals surface area contributed by atoms with Crippen LogP contribution in [0.5, 0.6) is 5.75 Å². The molecule has 2 aliphatic rings. The Labute approximate surface area is 142 Å². The van der Waals surface area contributed by atoms with Crippen molar-refractivity contribution in [1.29, 1.82) is 0 Å². The Balaban J connectivity index is 1.73. The van der Waals surface area contributed by atoms with E-state index in [1.54, 1.807) is 24.3 Å². The number of likely N-dealkylation sites (tertiary alicyclic amines) is 2. The number of hydrogen-bond acceptors (Lipinski definition) is 4. The van der Waals surface area contributed by atoms with E-state index in [-0.39, 0.29) is 12.5 Å². The molecule has 2 amide bonds. The van der Waals surface area contributed by atoms with Gasteiger partial charge in [-0.1, -0.05) is 6.07 Å². The van der Waals surface area contributed by atoms with Crippen LogP contribution in [0.1, 0.15) is 36.0 Å². The Bertz CT molecular complexity index is 619. The Kier molecular flexibility index (Phi) is 5.04. The van der Waals surface area contributed by atoms with Crippen LogP contribution in [0, 0.1) is 0 Å². The van der Waals surface area contributed by atoms with Gasteiger partial charge in [0.2, 0.25) is 0 Å². The molecule has 2 atom stereocenters. The summed E-state index contributed by atoms with van der Waals surface area (Å²) < 4.78 is 5.31. The number of primary amides is 1. The van der Waals surface area contributed by atoms with E-state index < -0.39 is 5.91 Å². The van der Waals surface area contributed by atoms with Gasteiger partial charge < -0.3 is 20.3 Å². The third-order valence-corrected chi connectivity index (χ3v) is 5.04. The van der Waals surface area contributed by atoms with E-state index in [0.29, 0.717) is 23.4 Å². The van der Waals surface area contributed by atoms with Crippen molar-refractivity contribution in [2.45, 2.75) is 37.8 Å². The number of nitrogens with zero attached hydrogens (tertiary/aromatic N) is 2. The highest BCUT2D eigenvalue weighted by atomic mass is 16.5. The number of amides is 2. The summed E-state index contributed by atoms with van der Waals surface area (Å²) in [5, 5.41) is 0. The zero-order valence-electron chi connectivity index (χ0n) is 14.1. The van der Waals surface area contributed by atoms with Crippen LogP contribution in [0.15, 0.2) is 24.3 Å². The second-order valence-electron chi connectivity index (χ2n) is 6.68. The van der Waals surface area contributed by atoms with E-state index in [4.69, 9.17) is 10.5 Å². The maximum Gasteiger partial charge on any atom is 0.255 e. The van der Waals surface area contributed by atoms with Crippen LogP contribution in [0.4, 0.5) is 0 Å². The smallest absolute Gasteiger partial charge is 0.255 e. The van der Waals surface area contributed by atoms with Gasteiger partial charge in [-0.15, -0.1) is 0 Å². The Hall–Kier alpha value is -2.08. The number of rotatable bonds is 5. The van der Waals surface area contributed by atoms with Crippen molar-refractivity contribution in [2.75, 3.05) is 26.7 Å². The summed E-state index contributed by atoms with van der Waals surface area (Å²) in [5.74, 6) is 0.00585. The summed E-state index contributed by atoms with van der Waals surface area (Å²) in [6.45, 7) is 1.73. The number of nitrogens with two attached hydrogens (primary N) is 1. The lowest BCUT2D eigenvalue weighted by Crippen LogP contribution is -2.47. The fraction of sp³-hybridized carbons (Fsp3) is 0.556. The van der Waals surface area contributed by atoms with Gasteiger partial charge in [0.1, 0.15) is 5.75 Å². The number of ether oxygens (including phenoxy) is 1. The fourth-order valence-corrected chi connectivity index (χ4v) is 3.91. The molecule has 1 aromatic rings. The highest BCUT2D eigenvalue weighted by Gasteiger charge is 2.38. The lowest BCUT2D eigenvalue weighted by atomic mass is 10.0. The van der Waals surface area contributed by atoms with E-state index in [0.717, 1.165) is 32.4 Å². The van der Waals surface area contributed by atoms with E-state index >= 15 is 0 Å². The zero-order chi connectivity index (χ0) is 17.1. The van der Waals surface area contributed by atoms with Gasteiger partial charge in [-0.25, -0.2) is 0 Å². The molecule has 6 nitrogen and oxygen atoms in total. The molecule has 24 heavy (non-hydrogen) atoms. The minimum atomic E-state index is -0.532. The van der Waals surface area contributed by atoms with Gasteiger partial charge in [0.15, 0.2) is 6.61 Å². The molecule has 2 fully saturated rings. The van der Waals surface area contributed by atoms with Crippen molar-refractivity contribution in [2.24, 2.45) is 5.73 Å². The molecule has 2 heterocycles. The molecular formula is C18H25N3O3. The van der Waals surface area contributed by atoms with E-state index in [1.165, 1.54) is 6.42 Å². The molecule has 2 aliphatic heterocycles. The average Bonchev–Trinajstić information content (AvgIpc) is 3.20. The molecule has 2 saturated heterocycles. The molecule has 0 bridgehead atoms. The second-order valence-corrected chi connectivity index (χ2v) is 6.68. The monoisotopic (exact) mass is 331 g/mol. The minimum Gasteiger partial charge on any atom is -0.484 e.